The summed E-state index contributed by atoms with van der Waals surface area (Å²) in [6.45, 7) is 4.59. The molecule has 0 bridgehead atoms. The summed E-state index contributed by atoms with van der Waals surface area (Å²) in [6.07, 6.45) is 1.51. The van der Waals surface area contributed by atoms with Crippen LogP contribution in [0.3, 0.4) is 0 Å². The van der Waals surface area contributed by atoms with E-state index in [4.69, 9.17) is 9.47 Å². The molecule has 0 unspecified atom stereocenters. The number of ether oxygens (including phenoxy) is 2. The molecule has 0 aromatic heterocycles. The van der Waals surface area contributed by atoms with Crippen LogP contribution in [0, 0.1) is 0 Å². The Morgan fingerprint density at radius 1 is 1.06 bits per heavy atom. The zero-order valence-electron chi connectivity index (χ0n) is 18.3. The van der Waals surface area contributed by atoms with Crippen molar-refractivity contribution in [3.05, 3.63) is 71.3 Å². The van der Waals surface area contributed by atoms with E-state index in [9.17, 15) is 9.59 Å². The highest BCUT2D eigenvalue weighted by molar-refractivity contribution is 5.94. The van der Waals surface area contributed by atoms with Crippen molar-refractivity contribution >= 4 is 11.9 Å². The zero-order chi connectivity index (χ0) is 21.8. The highest BCUT2D eigenvalue weighted by Gasteiger charge is 2.45. The van der Waals surface area contributed by atoms with E-state index in [1.54, 1.807) is 11.8 Å². The molecule has 2 heterocycles. The molecular weight excluding hydrogens is 392 g/mol. The van der Waals surface area contributed by atoms with Crippen LogP contribution in [0.5, 0.6) is 0 Å². The monoisotopic (exact) mass is 422 g/mol. The van der Waals surface area contributed by atoms with Crippen LogP contribution in [-0.4, -0.2) is 61.1 Å². The third kappa shape index (κ3) is 4.50. The number of carbonyl (C=O) groups excluding carboxylic acids is 2. The third-order valence-corrected chi connectivity index (χ3v) is 6.70. The first-order valence-electron chi connectivity index (χ1n) is 10.9. The van der Waals surface area contributed by atoms with E-state index in [2.05, 4.69) is 24.1 Å². The van der Waals surface area contributed by atoms with E-state index < -0.39 is 0 Å². The minimum absolute atomic E-state index is 0.0737. The Hall–Kier alpha value is -2.70. The van der Waals surface area contributed by atoms with E-state index in [1.165, 1.54) is 5.56 Å². The molecule has 0 radical (unpaired) electrons. The minimum Gasteiger partial charge on any atom is -0.445 e. The van der Waals surface area contributed by atoms with Gasteiger partial charge in [0.2, 0.25) is 0 Å². The van der Waals surface area contributed by atoms with Gasteiger partial charge in [0.1, 0.15) is 6.61 Å². The first-order chi connectivity index (χ1) is 15.0. The molecule has 1 amide bonds. The van der Waals surface area contributed by atoms with Crippen molar-refractivity contribution in [3.8, 4) is 0 Å². The number of hydrogen-bond acceptors (Lipinski definition) is 5. The molecule has 2 fully saturated rings. The number of likely N-dealkylation sites (tertiary alicyclic amines) is 1. The van der Waals surface area contributed by atoms with Crippen molar-refractivity contribution in [3.63, 3.8) is 0 Å². The molecular formula is C25H30N2O4. The van der Waals surface area contributed by atoms with Crippen molar-refractivity contribution in [2.24, 2.45) is 0 Å². The van der Waals surface area contributed by atoms with Crippen molar-refractivity contribution in [2.45, 2.75) is 38.0 Å². The second-order valence-corrected chi connectivity index (χ2v) is 8.49. The molecule has 2 aromatic rings. The van der Waals surface area contributed by atoms with Gasteiger partial charge < -0.3 is 14.4 Å². The van der Waals surface area contributed by atoms with Gasteiger partial charge in [0.25, 0.3) is 0 Å². The van der Waals surface area contributed by atoms with Gasteiger partial charge in [0.15, 0.2) is 5.78 Å². The number of benzene rings is 2. The van der Waals surface area contributed by atoms with Crippen molar-refractivity contribution in [1.29, 1.82) is 0 Å². The summed E-state index contributed by atoms with van der Waals surface area (Å²) in [7, 11) is 2.14. The average molecular weight is 423 g/mol. The lowest BCUT2D eigenvalue weighted by Gasteiger charge is -2.53. The summed E-state index contributed by atoms with van der Waals surface area (Å²) in [4.78, 5) is 28.3. The van der Waals surface area contributed by atoms with Crippen molar-refractivity contribution < 1.29 is 19.1 Å². The van der Waals surface area contributed by atoms with Crippen LogP contribution in [-0.2, 0) is 21.6 Å². The highest BCUT2D eigenvalue weighted by Crippen LogP contribution is 2.40. The SMILES string of the molecule is CC(=O)c1ccc(C2(N(C)C3CN(C(=O)OCc4ccccc4)C3)CCOCC2)cc1. The number of carbonyl (C=O) groups is 2. The summed E-state index contributed by atoms with van der Waals surface area (Å²) in [5.41, 5.74) is 2.76. The topological polar surface area (TPSA) is 59.1 Å². The molecule has 0 aliphatic carbocycles. The van der Waals surface area contributed by atoms with Gasteiger partial charge in [-0.1, -0.05) is 54.6 Å². The van der Waals surface area contributed by atoms with Gasteiger partial charge in [-0.05, 0) is 37.9 Å². The quantitative estimate of drug-likeness (QED) is 0.662. The fourth-order valence-electron chi connectivity index (χ4n) is 4.58. The molecule has 2 aliphatic heterocycles. The normalized spacial score (nSPS) is 18.5. The van der Waals surface area contributed by atoms with Gasteiger partial charge in [-0.2, -0.15) is 0 Å². The van der Waals surface area contributed by atoms with Gasteiger partial charge in [-0.3, -0.25) is 9.69 Å². The second kappa shape index (κ2) is 9.20. The van der Waals surface area contributed by atoms with Crippen LogP contribution in [0.1, 0.15) is 41.3 Å². The maximum absolute atomic E-state index is 12.4. The summed E-state index contributed by atoms with van der Waals surface area (Å²) in [5, 5.41) is 0. The maximum atomic E-state index is 12.4. The number of Topliss-reactive ketones (excluding diaryl/α,β-unsaturated/α-hetero) is 1. The van der Waals surface area contributed by atoms with Crippen molar-refractivity contribution in [2.75, 3.05) is 33.4 Å². The molecule has 0 saturated carbocycles. The summed E-state index contributed by atoms with van der Waals surface area (Å²) < 4.78 is 11.1. The van der Waals surface area contributed by atoms with Gasteiger partial charge in [-0.25, -0.2) is 4.79 Å². The van der Waals surface area contributed by atoms with Crippen LogP contribution >= 0.6 is 0 Å². The predicted octanol–water partition coefficient (Wildman–Crippen LogP) is 3.85. The molecule has 0 atom stereocenters. The smallest absolute Gasteiger partial charge is 0.410 e. The van der Waals surface area contributed by atoms with Gasteiger partial charge in [0.05, 0.1) is 5.54 Å². The van der Waals surface area contributed by atoms with E-state index in [0.29, 0.717) is 32.9 Å². The largest absolute Gasteiger partial charge is 0.445 e. The Labute approximate surface area is 183 Å². The number of likely N-dealkylation sites (N-methyl/N-ethyl adjacent to an activating group) is 1. The average Bonchev–Trinajstić information content (AvgIpc) is 2.78. The Kier molecular flexibility index (Phi) is 6.39. The Morgan fingerprint density at radius 2 is 1.71 bits per heavy atom. The van der Waals surface area contributed by atoms with E-state index in [0.717, 1.165) is 24.0 Å². The first-order valence-corrected chi connectivity index (χ1v) is 10.9. The molecule has 164 valence electrons. The molecule has 6 nitrogen and oxygen atoms in total. The molecule has 31 heavy (non-hydrogen) atoms. The zero-order valence-corrected chi connectivity index (χ0v) is 18.3. The van der Waals surface area contributed by atoms with Crippen LogP contribution in [0.2, 0.25) is 0 Å². The number of hydrogen-bond donors (Lipinski definition) is 0. The molecule has 2 aromatic carbocycles. The maximum Gasteiger partial charge on any atom is 0.410 e. The van der Waals surface area contributed by atoms with E-state index in [1.807, 2.05) is 42.5 Å². The Balaban J connectivity index is 1.40. The third-order valence-electron chi connectivity index (χ3n) is 6.70. The number of ketones is 1. The second-order valence-electron chi connectivity index (χ2n) is 8.49. The van der Waals surface area contributed by atoms with Crippen molar-refractivity contribution in [1.82, 2.24) is 9.80 Å². The summed E-state index contributed by atoms with van der Waals surface area (Å²) in [6, 6.07) is 18.0. The van der Waals surface area contributed by atoms with Crippen LogP contribution in [0.4, 0.5) is 4.79 Å². The number of amides is 1. The molecule has 2 saturated heterocycles. The lowest BCUT2D eigenvalue weighted by Crippen LogP contribution is -2.65. The Bertz CT molecular complexity index is 901. The van der Waals surface area contributed by atoms with Crippen LogP contribution in [0.25, 0.3) is 0 Å². The molecule has 6 heteroatoms. The van der Waals surface area contributed by atoms with E-state index in [-0.39, 0.29) is 23.5 Å². The molecule has 4 rings (SSSR count). The fraction of sp³-hybridized carbons (Fsp3) is 0.440. The van der Waals surface area contributed by atoms with Gasteiger partial charge in [0, 0.05) is 37.9 Å². The number of rotatable bonds is 6. The number of nitrogens with zero attached hydrogens (tertiary/aromatic N) is 2. The van der Waals surface area contributed by atoms with E-state index >= 15 is 0 Å². The Morgan fingerprint density at radius 3 is 2.32 bits per heavy atom. The van der Waals surface area contributed by atoms with Crippen LogP contribution in [0.15, 0.2) is 54.6 Å². The fourth-order valence-corrected chi connectivity index (χ4v) is 4.58. The predicted molar refractivity (Wildman–Crippen MR) is 118 cm³/mol. The van der Waals surface area contributed by atoms with Gasteiger partial charge >= 0.3 is 6.09 Å². The minimum atomic E-state index is -0.264. The lowest BCUT2D eigenvalue weighted by atomic mass is 9.79. The van der Waals surface area contributed by atoms with Crippen LogP contribution < -0.4 is 0 Å². The molecule has 2 aliphatic rings. The van der Waals surface area contributed by atoms with Gasteiger partial charge in [-0.15, -0.1) is 0 Å². The first kappa shape index (κ1) is 21.5. The summed E-state index contributed by atoms with van der Waals surface area (Å²) >= 11 is 0. The standard InChI is InChI=1S/C25H30N2O4/c1-19(28)21-8-10-22(11-9-21)25(12-14-30-15-13-25)26(2)23-16-27(17-23)24(29)31-18-20-6-4-3-5-7-20/h3-11,23H,12-18H2,1-2H3. The highest BCUT2D eigenvalue weighted by atomic mass is 16.6. The summed E-state index contributed by atoms with van der Waals surface area (Å²) in [5.74, 6) is 0.0737. The molecule has 0 spiro atoms. The lowest BCUT2D eigenvalue weighted by molar-refractivity contribution is -0.0714. The molecule has 0 N–H and O–H groups in total.